The van der Waals surface area contributed by atoms with Gasteiger partial charge in [0, 0.05) is 23.7 Å². The van der Waals surface area contributed by atoms with E-state index in [2.05, 4.69) is 15.3 Å². The molecule has 2 aromatic rings. The van der Waals surface area contributed by atoms with Crippen LogP contribution >= 0.6 is 0 Å². The Hall–Kier alpha value is -2.30. The summed E-state index contributed by atoms with van der Waals surface area (Å²) in [5.41, 5.74) is 1.76. The molecule has 0 saturated heterocycles. The molecule has 5 nitrogen and oxygen atoms in total. The third-order valence-corrected chi connectivity index (χ3v) is 3.28. The second-order valence-corrected chi connectivity index (χ2v) is 4.77. The Kier molecular flexibility index (Phi) is 3.41. The van der Waals surface area contributed by atoms with E-state index in [4.69, 9.17) is 9.47 Å². The van der Waals surface area contributed by atoms with Crippen LogP contribution in [0.2, 0.25) is 0 Å². The molecule has 0 bridgehead atoms. The van der Waals surface area contributed by atoms with Crippen LogP contribution in [0, 0.1) is 0 Å². The highest BCUT2D eigenvalue weighted by Crippen LogP contribution is 2.33. The Balaban J connectivity index is 1.94. The second-order valence-electron chi connectivity index (χ2n) is 4.77. The fourth-order valence-electron chi connectivity index (χ4n) is 2.03. The van der Waals surface area contributed by atoms with Crippen LogP contribution in [-0.4, -0.2) is 30.2 Å². The highest BCUT2D eigenvalue weighted by molar-refractivity contribution is 5.70. The Morgan fingerprint density at radius 1 is 1.10 bits per heavy atom. The second kappa shape index (κ2) is 5.36. The average molecular weight is 271 g/mol. The van der Waals surface area contributed by atoms with Crippen molar-refractivity contribution in [3.63, 3.8) is 0 Å². The summed E-state index contributed by atoms with van der Waals surface area (Å²) < 4.78 is 10.6. The molecule has 1 heterocycles. The zero-order valence-electron chi connectivity index (χ0n) is 11.6. The van der Waals surface area contributed by atoms with Crippen LogP contribution < -0.4 is 14.8 Å². The predicted molar refractivity (Wildman–Crippen MR) is 77.2 cm³/mol. The summed E-state index contributed by atoms with van der Waals surface area (Å²) in [6.07, 6.45) is 4.00. The highest BCUT2D eigenvalue weighted by atomic mass is 16.5. The number of rotatable bonds is 5. The summed E-state index contributed by atoms with van der Waals surface area (Å²) >= 11 is 0. The molecular weight excluding hydrogens is 254 g/mol. The molecular formula is C15H17N3O2. The van der Waals surface area contributed by atoms with Gasteiger partial charge in [-0.05, 0) is 25.0 Å². The standard InChI is InChI=1S/C15H17N3O2/c1-19-11-5-6-12(14(7-11)20-2)13-8-15(17-9-16-13)18-10-3-4-10/h5-10H,3-4H2,1-2H3,(H,16,17,18). The molecule has 1 N–H and O–H groups in total. The van der Waals surface area contributed by atoms with Gasteiger partial charge in [-0.2, -0.15) is 0 Å². The number of aromatic nitrogens is 2. The number of benzene rings is 1. The van der Waals surface area contributed by atoms with Gasteiger partial charge in [0.25, 0.3) is 0 Å². The maximum atomic E-state index is 5.41. The predicted octanol–water partition coefficient (Wildman–Crippen LogP) is 2.74. The van der Waals surface area contributed by atoms with Gasteiger partial charge in [0.05, 0.1) is 19.9 Å². The molecule has 0 unspecified atom stereocenters. The Bertz CT molecular complexity index is 612. The quantitative estimate of drug-likeness (QED) is 0.906. The SMILES string of the molecule is COc1ccc(-c2cc(NC3CC3)ncn2)c(OC)c1. The minimum atomic E-state index is 0.565. The van der Waals surface area contributed by atoms with Gasteiger partial charge >= 0.3 is 0 Å². The van der Waals surface area contributed by atoms with E-state index >= 15 is 0 Å². The van der Waals surface area contributed by atoms with E-state index < -0.39 is 0 Å². The van der Waals surface area contributed by atoms with Crippen LogP contribution in [-0.2, 0) is 0 Å². The number of anilines is 1. The highest BCUT2D eigenvalue weighted by Gasteiger charge is 2.21. The first kappa shape index (κ1) is 12.7. The smallest absolute Gasteiger partial charge is 0.131 e. The first-order valence-electron chi connectivity index (χ1n) is 6.61. The van der Waals surface area contributed by atoms with Crippen molar-refractivity contribution in [1.29, 1.82) is 0 Å². The molecule has 1 aliphatic rings. The van der Waals surface area contributed by atoms with Gasteiger partial charge in [0.2, 0.25) is 0 Å². The number of ether oxygens (including phenoxy) is 2. The van der Waals surface area contributed by atoms with E-state index in [9.17, 15) is 0 Å². The molecule has 5 heteroatoms. The van der Waals surface area contributed by atoms with Gasteiger partial charge in [0.15, 0.2) is 0 Å². The van der Waals surface area contributed by atoms with Crippen molar-refractivity contribution in [3.8, 4) is 22.8 Å². The average Bonchev–Trinajstić information content (AvgIpc) is 3.30. The summed E-state index contributed by atoms with van der Waals surface area (Å²) in [4.78, 5) is 8.58. The molecule has 1 aromatic heterocycles. The van der Waals surface area contributed by atoms with Gasteiger partial charge < -0.3 is 14.8 Å². The van der Waals surface area contributed by atoms with Crippen LogP contribution in [0.4, 0.5) is 5.82 Å². The largest absolute Gasteiger partial charge is 0.497 e. The number of nitrogens with zero attached hydrogens (tertiary/aromatic N) is 2. The lowest BCUT2D eigenvalue weighted by atomic mass is 10.1. The zero-order valence-corrected chi connectivity index (χ0v) is 11.6. The molecule has 0 amide bonds. The van der Waals surface area contributed by atoms with Crippen molar-refractivity contribution in [2.75, 3.05) is 19.5 Å². The molecule has 3 rings (SSSR count). The summed E-state index contributed by atoms with van der Waals surface area (Å²) in [6.45, 7) is 0. The summed E-state index contributed by atoms with van der Waals surface area (Å²) in [7, 11) is 3.28. The van der Waals surface area contributed by atoms with Gasteiger partial charge in [-0.1, -0.05) is 0 Å². The topological polar surface area (TPSA) is 56.3 Å². The normalized spacial score (nSPS) is 13.9. The maximum Gasteiger partial charge on any atom is 0.131 e. The van der Waals surface area contributed by atoms with E-state index in [0.717, 1.165) is 28.6 Å². The fourth-order valence-corrected chi connectivity index (χ4v) is 2.03. The first-order valence-corrected chi connectivity index (χ1v) is 6.61. The van der Waals surface area contributed by atoms with Gasteiger partial charge in [0.1, 0.15) is 23.6 Å². The molecule has 1 fully saturated rings. The lowest BCUT2D eigenvalue weighted by molar-refractivity contribution is 0.395. The molecule has 0 atom stereocenters. The number of nitrogens with one attached hydrogen (secondary N) is 1. The fraction of sp³-hybridized carbons (Fsp3) is 0.333. The maximum absolute atomic E-state index is 5.41. The van der Waals surface area contributed by atoms with Crippen molar-refractivity contribution < 1.29 is 9.47 Å². The van der Waals surface area contributed by atoms with Crippen LogP contribution in [0.5, 0.6) is 11.5 Å². The van der Waals surface area contributed by atoms with Gasteiger partial charge in [-0.3, -0.25) is 0 Å². The van der Waals surface area contributed by atoms with Crippen molar-refractivity contribution in [3.05, 3.63) is 30.6 Å². The monoisotopic (exact) mass is 271 g/mol. The van der Waals surface area contributed by atoms with Crippen molar-refractivity contribution in [2.45, 2.75) is 18.9 Å². The van der Waals surface area contributed by atoms with Crippen LogP contribution in [0.3, 0.4) is 0 Å². The molecule has 1 saturated carbocycles. The Morgan fingerprint density at radius 3 is 2.65 bits per heavy atom. The van der Waals surface area contributed by atoms with Crippen LogP contribution in [0.15, 0.2) is 30.6 Å². The third kappa shape index (κ3) is 2.66. The lowest BCUT2D eigenvalue weighted by Crippen LogP contribution is -2.03. The van der Waals surface area contributed by atoms with Crippen LogP contribution in [0.1, 0.15) is 12.8 Å². The van der Waals surface area contributed by atoms with E-state index in [0.29, 0.717) is 6.04 Å². The molecule has 20 heavy (non-hydrogen) atoms. The molecule has 1 aromatic carbocycles. The van der Waals surface area contributed by atoms with E-state index in [1.165, 1.54) is 12.8 Å². The summed E-state index contributed by atoms with van der Waals surface area (Å²) in [6, 6.07) is 8.21. The van der Waals surface area contributed by atoms with E-state index in [1.54, 1.807) is 20.5 Å². The molecule has 1 aliphatic carbocycles. The zero-order chi connectivity index (χ0) is 13.9. The first-order chi connectivity index (χ1) is 9.80. The Morgan fingerprint density at radius 2 is 1.95 bits per heavy atom. The minimum Gasteiger partial charge on any atom is -0.497 e. The number of methoxy groups -OCH3 is 2. The molecule has 0 radical (unpaired) electrons. The van der Waals surface area contributed by atoms with E-state index in [1.807, 2.05) is 24.3 Å². The summed E-state index contributed by atoms with van der Waals surface area (Å²) in [5, 5.41) is 3.37. The molecule has 104 valence electrons. The van der Waals surface area contributed by atoms with Gasteiger partial charge in [-0.15, -0.1) is 0 Å². The Labute approximate surface area is 118 Å². The van der Waals surface area contributed by atoms with Crippen molar-refractivity contribution >= 4 is 5.82 Å². The van der Waals surface area contributed by atoms with Crippen molar-refractivity contribution in [2.24, 2.45) is 0 Å². The molecule has 0 spiro atoms. The minimum absolute atomic E-state index is 0.565. The lowest BCUT2D eigenvalue weighted by Gasteiger charge is -2.11. The van der Waals surface area contributed by atoms with Gasteiger partial charge in [-0.25, -0.2) is 9.97 Å². The van der Waals surface area contributed by atoms with Crippen LogP contribution in [0.25, 0.3) is 11.3 Å². The summed E-state index contributed by atoms with van der Waals surface area (Å²) in [5.74, 6) is 2.35. The number of hydrogen-bond donors (Lipinski definition) is 1. The van der Waals surface area contributed by atoms with Crippen molar-refractivity contribution in [1.82, 2.24) is 9.97 Å². The number of hydrogen-bond acceptors (Lipinski definition) is 5. The third-order valence-electron chi connectivity index (χ3n) is 3.28. The van der Waals surface area contributed by atoms with E-state index in [-0.39, 0.29) is 0 Å². The molecule has 0 aliphatic heterocycles.